The summed E-state index contributed by atoms with van der Waals surface area (Å²) in [5, 5.41) is 36.6. The summed E-state index contributed by atoms with van der Waals surface area (Å²) in [6.07, 6.45) is -4.76. The zero-order valence-corrected chi connectivity index (χ0v) is 22.5. The number of aliphatic hydroxyl groups excluding tert-OH is 2. The van der Waals surface area contributed by atoms with Gasteiger partial charge in [-0.1, -0.05) is 6.07 Å². The lowest BCUT2D eigenvalue weighted by Crippen LogP contribution is -2.48. The van der Waals surface area contributed by atoms with E-state index < -0.39 is 59.7 Å². The van der Waals surface area contributed by atoms with Gasteiger partial charge < -0.3 is 26.0 Å². The molecule has 3 heterocycles. The number of benzene rings is 1. The minimum absolute atomic E-state index is 0.0147. The van der Waals surface area contributed by atoms with Crippen molar-refractivity contribution < 1.29 is 37.3 Å². The van der Waals surface area contributed by atoms with E-state index in [1.165, 1.54) is 18.3 Å². The highest BCUT2D eigenvalue weighted by Crippen LogP contribution is 2.42. The monoisotopic (exact) mass is 596 g/mol. The largest absolute Gasteiger partial charge is 0.413 e. The quantitative estimate of drug-likeness (QED) is 0.153. The molecule has 15 heteroatoms. The molecule has 5 rings (SSSR count). The summed E-state index contributed by atoms with van der Waals surface area (Å²) in [6.45, 7) is 2.83. The zero-order valence-electron chi connectivity index (χ0n) is 21.7. The fourth-order valence-corrected chi connectivity index (χ4v) is 6.05. The molecule has 0 amide bonds. The van der Waals surface area contributed by atoms with Crippen LogP contribution >= 0.6 is 11.3 Å². The topological polar surface area (TPSA) is 136 Å². The molecule has 0 unspecified atom stereocenters. The van der Waals surface area contributed by atoms with Crippen LogP contribution in [0.5, 0.6) is 0 Å². The van der Waals surface area contributed by atoms with Gasteiger partial charge in [-0.2, -0.15) is 18.2 Å². The molecule has 218 valence electrons. The summed E-state index contributed by atoms with van der Waals surface area (Å²) in [5.41, 5.74) is -1.71. The number of hydrogen-bond donors (Lipinski definition) is 5. The van der Waals surface area contributed by atoms with E-state index in [0.717, 1.165) is 10.8 Å². The number of pyridine rings is 1. The van der Waals surface area contributed by atoms with Crippen LogP contribution in [0.15, 0.2) is 30.5 Å². The van der Waals surface area contributed by atoms with E-state index in [1.54, 1.807) is 19.2 Å². The molecule has 0 saturated heterocycles. The Labute approximate surface area is 234 Å². The second-order valence-electron chi connectivity index (χ2n) is 9.85. The first-order chi connectivity index (χ1) is 19.3. The fraction of sp³-hybridized carbons (Fsp3) is 0.385. The molecule has 0 spiro atoms. The van der Waals surface area contributed by atoms with Crippen molar-refractivity contribution in [2.45, 2.75) is 50.7 Å². The van der Waals surface area contributed by atoms with Gasteiger partial charge in [0.1, 0.15) is 34.1 Å². The van der Waals surface area contributed by atoms with Gasteiger partial charge in [-0.3, -0.25) is 4.98 Å². The average molecular weight is 597 g/mol. The Morgan fingerprint density at radius 2 is 1.80 bits per heavy atom. The molecule has 0 aliphatic heterocycles. The van der Waals surface area contributed by atoms with Crippen LogP contribution in [0.25, 0.3) is 20.8 Å². The van der Waals surface area contributed by atoms with Gasteiger partial charge in [0.2, 0.25) is 5.95 Å². The molecule has 9 nitrogen and oxygen atoms in total. The van der Waals surface area contributed by atoms with Crippen LogP contribution in [-0.2, 0) is 0 Å². The fourth-order valence-electron chi connectivity index (χ4n) is 4.94. The van der Waals surface area contributed by atoms with E-state index in [1.807, 2.05) is 5.32 Å². The molecule has 0 radical (unpaired) electrons. The number of fused-ring (bicyclic) bond motifs is 1. The number of alkyl halides is 3. The molecular formula is C26H25F5N6O3S. The maximum Gasteiger partial charge on any atom is 0.413 e. The Kier molecular flexibility index (Phi) is 7.57. The van der Waals surface area contributed by atoms with Gasteiger partial charge in [0.15, 0.2) is 11.8 Å². The highest BCUT2D eigenvalue weighted by molar-refractivity contribution is 7.21. The van der Waals surface area contributed by atoms with Gasteiger partial charge >= 0.3 is 6.18 Å². The third-order valence-corrected chi connectivity index (χ3v) is 8.12. The van der Waals surface area contributed by atoms with Crippen molar-refractivity contribution >= 4 is 33.3 Å². The number of anilines is 2. The molecule has 5 N–H and O–H groups in total. The minimum Gasteiger partial charge on any atom is -0.396 e. The van der Waals surface area contributed by atoms with Crippen LogP contribution in [0.2, 0.25) is 0 Å². The highest BCUT2D eigenvalue weighted by atomic mass is 32.1. The van der Waals surface area contributed by atoms with E-state index in [2.05, 4.69) is 25.3 Å². The van der Waals surface area contributed by atoms with Gasteiger partial charge in [0, 0.05) is 18.7 Å². The Bertz CT molecular complexity index is 1580. The molecule has 1 saturated carbocycles. The highest BCUT2D eigenvalue weighted by Gasteiger charge is 2.48. The first kappa shape index (κ1) is 29.0. The van der Waals surface area contributed by atoms with Crippen molar-refractivity contribution in [1.82, 2.24) is 19.9 Å². The lowest BCUT2D eigenvalue weighted by atomic mass is 10.0. The Hall–Kier alpha value is -3.53. The molecular weight excluding hydrogens is 571 g/mol. The van der Waals surface area contributed by atoms with Crippen LogP contribution < -0.4 is 10.6 Å². The Morgan fingerprint density at radius 1 is 1.10 bits per heavy atom. The molecule has 4 aromatic rings. The van der Waals surface area contributed by atoms with E-state index >= 15 is 0 Å². The Balaban J connectivity index is 1.64. The number of nitrogens with one attached hydrogen (secondary N) is 2. The number of nitrogens with zero attached hydrogens (tertiary/aromatic N) is 4. The predicted molar refractivity (Wildman–Crippen MR) is 141 cm³/mol. The smallest absolute Gasteiger partial charge is 0.396 e. The summed E-state index contributed by atoms with van der Waals surface area (Å²) < 4.78 is 71.9. The van der Waals surface area contributed by atoms with E-state index in [9.17, 15) is 37.3 Å². The SMILES string of the molecule is Cc1nc(N[C@@H](c2c(F)cccc2F)C(F)(F)F)nc(N[C@@]2(O)CC[C@H](CO)[C@H]2O)c1-c1nc2c(C)nccc2s1. The molecule has 1 aliphatic carbocycles. The molecule has 1 fully saturated rings. The number of rotatable bonds is 7. The van der Waals surface area contributed by atoms with Gasteiger partial charge in [-0.15, -0.1) is 11.3 Å². The Morgan fingerprint density at radius 3 is 2.41 bits per heavy atom. The first-order valence-electron chi connectivity index (χ1n) is 12.5. The van der Waals surface area contributed by atoms with Crippen molar-refractivity contribution in [1.29, 1.82) is 0 Å². The summed E-state index contributed by atoms with van der Waals surface area (Å²) >= 11 is 1.23. The van der Waals surface area contributed by atoms with Crippen molar-refractivity contribution in [2.75, 3.05) is 17.2 Å². The van der Waals surface area contributed by atoms with Crippen molar-refractivity contribution in [3.63, 3.8) is 0 Å². The van der Waals surface area contributed by atoms with Gasteiger partial charge in [-0.25, -0.2) is 18.7 Å². The van der Waals surface area contributed by atoms with E-state index in [-0.39, 0.29) is 29.9 Å². The van der Waals surface area contributed by atoms with Crippen LogP contribution in [0.1, 0.15) is 35.8 Å². The summed E-state index contributed by atoms with van der Waals surface area (Å²) in [5.74, 6) is -4.31. The number of aliphatic hydroxyl groups is 3. The van der Waals surface area contributed by atoms with E-state index in [4.69, 9.17) is 0 Å². The second kappa shape index (κ2) is 10.7. The van der Waals surface area contributed by atoms with Gasteiger partial charge in [0.25, 0.3) is 0 Å². The maximum absolute atomic E-state index is 14.4. The summed E-state index contributed by atoms with van der Waals surface area (Å²) in [7, 11) is 0. The van der Waals surface area contributed by atoms with E-state index in [0.29, 0.717) is 28.4 Å². The molecule has 41 heavy (non-hydrogen) atoms. The lowest BCUT2D eigenvalue weighted by molar-refractivity contribution is -0.145. The minimum atomic E-state index is -5.15. The van der Waals surface area contributed by atoms with Gasteiger partial charge in [0.05, 0.1) is 27.2 Å². The van der Waals surface area contributed by atoms with Crippen LogP contribution in [0.3, 0.4) is 0 Å². The second-order valence-corrected chi connectivity index (χ2v) is 10.9. The van der Waals surface area contributed by atoms with Crippen molar-refractivity contribution in [3.05, 3.63) is 59.0 Å². The van der Waals surface area contributed by atoms with Crippen LogP contribution in [-0.4, -0.2) is 59.9 Å². The van der Waals surface area contributed by atoms with Crippen LogP contribution in [0.4, 0.5) is 33.7 Å². The van der Waals surface area contributed by atoms with Crippen LogP contribution in [0, 0.1) is 31.4 Å². The first-order valence-corrected chi connectivity index (χ1v) is 13.3. The number of hydrogen-bond acceptors (Lipinski definition) is 10. The normalized spacial score (nSPS) is 21.8. The molecule has 1 aromatic carbocycles. The molecule has 4 atom stereocenters. The number of halogens is 5. The van der Waals surface area contributed by atoms with Crippen molar-refractivity contribution in [2.24, 2.45) is 5.92 Å². The maximum atomic E-state index is 14.4. The van der Waals surface area contributed by atoms with Gasteiger partial charge in [-0.05, 0) is 44.9 Å². The molecule has 0 bridgehead atoms. The number of aromatic nitrogens is 4. The number of aryl methyl sites for hydroxylation is 2. The third-order valence-electron chi connectivity index (χ3n) is 7.08. The lowest BCUT2D eigenvalue weighted by Gasteiger charge is -2.31. The number of thiazole rings is 1. The standard InChI is InChI=1S/C26H25F5N6O3S/c1-11-17(23-34-19-12(2)32-9-7-16(19)41-23)22(37-25(40)8-6-13(10-38)21(25)39)36-24(33-11)35-20(26(29,30)31)18-14(27)4-3-5-15(18)28/h3-5,7,9,13,20-21,38-40H,6,8,10H2,1-2H3,(H2,33,35,36,37)/t13-,20+,21-,25-/m1/s1. The molecule has 1 aliphatic rings. The average Bonchev–Trinajstić information content (AvgIpc) is 3.44. The summed E-state index contributed by atoms with van der Waals surface area (Å²) in [6, 6.07) is 1.25. The van der Waals surface area contributed by atoms with Crippen molar-refractivity contribution in [3.8, 4) is 10.6 Å². The predicted octanol–water partition coefficient (Wildman–Crippen LogP) is 4.62. The summed E-state index contributed by atoms with van der Waals surface area (Å²) in [4.78, 5) is 17.1. The zero-order chi connectivity index (χ0) is 29.7. The molecule has 3 aromatic heterocycles. The third kappa shape index (κ3) is 5.41.